The van der Waals surface area contributed by atoms with Gasteiger partial charge >= 0.3 is 0 Å². The summed E-state index contributed by atoms with van der Waals surface area (Å²) in [5.41, 5.74) is 6.32. The molecule has 0 amide bonds. The van der Waals surface area contributed by atoms with Crippen LogP contribution in [0.2, 0.25) is 0 Å². The van der Waals surface area contributed by atoms with Gasteiger partial charge in [0.25, 0.3) is 0 Å². The van der Waals surface area contributed by atoms with Crippen molar-refractivity contribution in [1.29, 1.82) is 0 Å². The zero-order valence-electron chi connectivity index (χ0n) is 13.0. The molecule has 0 spiro atoms. The minimum Gasteiger partial charge on any atom is -0.445 e. The number of hydrogen-bond donors (Lipinski definition) is 0. The highest BCUT2D eigenvalue weighted by Gasteiger charge is 2.26. The number of benzene rings is 2. The molecule has 0 atom stereocenters. The molecule has 2 nitrogen and oxygen atoms in total. The normalized spacial score (nSPS) is 13.5. The average molecular weight is 289 g/mol. The summed E-state index contributed by atoms with van der Waals surface area (Å²) in [5.74, 6) is 1.94. The number of nitrogens with zero attached hydrogens (tertiary/aromatic N) is 1. The molecule has 3 aromatic rings. The highest BCUT2D eigenvalue weighted by atomic mass is 16.4. The molecular formula is C20H19NO. The molecular weight excluding hydrogens is 270 g/mol. The molecule has 0 fully saturated rings. The molecule has 0 unspecified atom stereocenters. The fourth-order valence-corrected chi connectivity index (χ4v) is 3.30. The van der Waals surface area contributed by atoms with Crippen LogP contribution in [-0.2, 0) is 12.8 Å². The first-order chi connectivity index (χ1) is 10.7. The monoisotopic (exact) mass is 289 g/mol. The smallest absolute Gasteiger partial charge is 0.207 e. The molecule has 0 saturated carbocycles. The van der Waals surface area contributed by atoms with Crippen LogP contribution in [0, 0.1) is 13.8 Å². The number of para-hydroxylation sites is 2. The third kappa shape index (κ3) is 2.03. The zero-order chi connectivity index (χ0) is 15.1. The maximum Gasteiger partial charge on any atom is 0.207 e. The van der Waals surface area contributed by atoms with Crippen molar-refractivity contribution in [3.8, 4) is 0 Å². The van der Waals surface area contributed by atoms with Gasteiger partial charge in [0.2, 0.25) is 5.88 Å². The summed E-state index contributed by atoms with van der Waals surface area (Å²) >= 11 is 0. The third-order valence-corrected chi connectivity index (χ3v) is 4.37. The average Bonchev–Trinajstić information content (AvgIpc) is 2.82. The maximum absolute atomic E-state index is 6.09. The fourth-order valence-electron chi connectivity index (χ4n) is 3.30. The first-order valence-electron chi connectivity index (χ1n) is 7.77. The SMILES string of the molecule is Cc1cc2c(o1)N(c1ccccc1C)c1ccccc1CC2. The number of aryl methyl sites for hydroxylation is 4. The summed E-state index contributed by atoms with van der Waals surface area (Å²) < 4.78 is 6.09. The van der Waals surface area contributed by atoms with E-state index in [2.05, 4.69) is 66.4 Å². The van der Waals surface area contributed by atoms with Gasteiger partial charge in [0.1, 0.15) is 5.76 Å². The van der Waals surface area contributed by atoms with Crippen LogP contribution in [0.25, 0.3) is 0 Å². The molecule has 0 N–H and O–H groups in total. The van der Waals surface area contributed by atoms with Gasteiger partial charge in [0.15, 0.2) is 0 Å². The summed E-state index contributed by atoms with van der Waals surface area (Å²) in [4.78, 5) is 2.28. The lowest BCUT2D eigenvalue weighted by Crippen LogP contribution is -2.11. The summed E-state index contributed by atoms with van der Waals surface area (Å²) in [5, 5.41) is 0. The van der Waals surface area contributed by atoms with Gasteiger partial charge in [-0.2, -0.15) is 0 Å². The summed E-state index contributed by atoms with van der Waals surface area (Å²) in [6.07, 6.45) is 2.07. The molecule has 0 aliphatic carbocycles. The van der Waals surface area contributed by atoms with Crippen molar-refractivity contribution in [1.82, 2.24) is 0 Å². The standard InChI is InChI=1S/C20H19NO/c1-14-7-3-5-9-18(14)21-19-10-6-4-8-16(19)11-12-17-13-15(2)22-20(17)21/h3-10,13H,11-12H2,1-2H3. The lowest BCUT2D eigenvalue weighted by molar-refractivity contribution is 0.540. The number of fused-ring (bicyclic) bond motifs is 2. The Kier molecular flexibility index (Phi) is 3.04. The van der Waals surface area contributed by atoms with E-state index in [-0.39, 0.29) is 0 Å². The minimum absolute atomic E-state index is 0.969. The Balaban J connectivity index is 2.01. The Morgan fingerprint density at radius 3 is 2.32 bits per heavy atom. The van der Waals surface area contributed by atoms with Crippen molar-refractivity contribution < 1.29 is 4.42 Å². The van der Waals surface area contributed by atoms with E-state index in [0.717, 1.165) is 24.5 Å². The summed E-state index contributed by atoms with van der Waals surface area (Å²) in [7, 11) is 0. The number of hydrogen-bond acceptors (Lipinski definition) is 2. The Morgan fingerprint density at radius 2 is 1.50 bits per heavy atom. The number of anilines is 3. The lowest BCUT2D eigenvalue weighted by atomic mass is 10.1. The predicted molar refractivity (Wildman–Crippen MR) is 90.3 cm³/mol. The van der Waals surface area contributed by atoms with Crippen LogP contribution in [0.1, 0.15) is 22.5 Å². The molecule has 2 aromatic carbocycles. The van der Waals surface area contributed by atoms with Crippen molar-refractivity contribution in [2.75, 3.05) is 4.90 Å². The first-order valence-corrected chi connectivity index (χ1v) is 7.77. The van der Waals surface area contributed by atoms with Gasteiger partial charge in [-0.15, -0.1) is 0 Å². The van der Waals surface area contributed by atoms with Crippen LogP contribution in [0.4, 0.5) is 17.3 Å². The minimum atomic E-state index is 0.969. The summed E-state index contributed by atoms with van der Waals surface area (Å²) in [6, 6.07) is 19.3. The van der Waals surface area contributed by atoms with Crippen molar-refractivity contribution >= 4 is 17.3 Å². The number of rotatable bonds is 1. The van der Waals surface area contributed by atoms with E-state index in [1.54, 1.807) is 0 Å². The molecule has 1 aliphatic heterocycles. The van der Waals surface area contributed by atoms with E-state index in [1.165, 1.54) is 28.1 Å². The summed E-state index contributed by atoms with van der Waals surface area (Å²) in [6.45, 7) is 4.18. The molecule has 22 heavy (non-hydrogen) atoms. The molecule has 1 aliphatic rings. The van der Waals surface area contributed by atoms with Crippen molar-refractivity contribution in [3.05, 3.63) is 77.0 Å². The molecule has 110 valence electrons. The topological polar surface area (TPSA) is 16.4 Å². The Bertz CT molecular complexity index is 831. The Hall–Kier alpha value is -2.48. The van der Waals surface area contributed by atoms with Crippen molar-refractivity contribution in [2.24, 2.45) is 0 Å². The molecule has 0 radical (unpaired) electrons. The van der Waals surface area contributed by atoms with Gasteiger partial charge in [-0.1, -0.05) is 36.4 Å². The zero-order valence-corrected chi connectivity index (χ0v) is 13.0. The van der Waals surface area contributed by atoms with Gasteiger partial charge in [-0.05, 0) is 56.0 Å². The van der Waals surface area contributed by atoms with E-state index >= 15 is 0 Å². The van der Waals surface area contributed by atoms with E-state index in [0.29, 0.717) is 0 Å². The highest BCUT2D eigenvalue weighted by Crippen LogP contribution is 2.43. The second-order valence-corrected chi connectivity index (χ2v) is 5.94. The van der Waals surface area contributed by atoms with E-state index in [9.17, 15) is 0 Å². The van der Waals surface area contributed by atoms with Crippen LogP contribution in [0.3, 0.4) is 0 Å². The second-order valence-electron chi connectivity index (χ2n) is 5.94. The predicted octanol–water partition coefficient (Wildman–Crippen LogP) is 5.46. The maximum atomic E-state index is 6.09. The molecule has 2 heterocycles. The van der Waals surface area contributed by atoms with Crippen molar-refractivity contribution in [3.63, 3.8) is 0 Å². The van der Waals surface area contributed by atoms with Crippen LogP contribution < -0.4 is 4.90 Å². The van der Waals surface area contributed by atoms with E-state index in [1.807, 2.05) is 6.92 Å². The van der Waals surface area contributed by atoms with Crippen LogP contribution in [-0.4, -0.2) is 0 Å². The van der Waals surface area contributed by atoms with Gasteiger partial charge in [0, 0.05) is 5.56 Å². The quantitative estimate of drug-likeness (QED) is 0.591. The van der Waals surface area contributed by atoms with Gasteiger partial charge in [-0.3, -0.25) is 4.90 Å². The van der Waals surface area contributed by atoms with E-state index in [4.69, 9.17) is 4.42 Å². The molecule has 1 aromatic heterocycles. The Labute approximate surface area is 131 Å². The lowest BCUT2D eigenvalue weighted by Gasteiger charge is -2.25. The van der Waals surface area contributed by atoms with Gasteiger partial charge < -0.3 is 4.42 Å². The first kappa shape index (κ1) is 13.2. The molecule has 0 saturated heterocycles. The molecule has 2 heteroatoms. The largest absolute Gasteiger partial charge is 0.445 e. The fraction of sp³-hybridized carbons (Fsp3) is 0.200. The highest BCUT2D eigenvalue weighted by molar-refractivity contribution is 5.80. The van der Waals surface area contributed by atoms with Crippen LogP contribution in [0.15, 0.2) is 59.0 Å². The van der Waals surface area contributed by atoms with E-state index < -0.39 is 0 Å². The van der Waals surface area contributed by atoms with Gasteiger partial charge in [0.05, 0.1) is 11.4 Å². The van der Waals surface area contributed by atoms with Crippen LogP contribution >= 0.6 is 0 Å². The molecule has 0 bridgehead atoms. The Morgan fingerprint density at radius 1 is 0.818 bits per heavy atom. The van der Waals surface area contributed by atoms with Gasteiger partial charge in [-0.25, -0.2) is 0 Å². The van der Waals surface area contributed by atoms with Crippen molar-refractivity contribution in [2.45, 2.75) is 26.7 Å². The molecule has 4 rings (SSSR count). The third-order valence-electron chi connectivity index (χ3n) is 4.37. The number of furan rings is 1. The second kappa shape index (κ2) is 5.06. The van der Waals surface area contributed by atoms with Crippen LogP contribution in [0.5, 0.6) is 0 Å².